The van der Waals surface area contributed by atoms with Crippen molar-refractivity contribution in [2.75, 3.05) is 25.9 Å². The molecule has 0 aliphatic carbocycles. The zero-order valence-electron chi connectivity index (χ0n) is 12.6. The zero-order valence-corrected chi connectivity index (χ0v) is 13.4. The Hall–Kier alpha value is -0.910. The summed E-state index contributed by atoms with van der Waals surface area (Å²) in [5.41, 5.74) is 1.01. The normalized spacial score (nSPS) is 29.0. The summed E-state index contributed by atoms with van der Waals surface area (Å²) in [6.45, 7) is 2.05. The molecule has 0 spiro atoms. The second-order valence-corrected chi connectivity index (χ2v) is 8.18. The van der Waals surface area contributed by atoms with Gasteiger partial charge in [-0.3, -0.25) is 4.90 Å². The number of hydrogen-bond donors (Lipinski definition) is 1. The third kappa shape index (κ3) is 2.87. The summed E-state index contributed by atoms with van der Waals surface area (Å²) in [5, 5.41) is 3.29. The lowest BCUT2D eigenvalue weighted by atomic mass is 9.94. The van der Waals surface area contributed by atoms with E-state index in [4.69, 9.17) is 0 Å². The lowest BCUT2D eigenvalue weighted by Crippen LogP contribution is -2.48. The summed E-state index contributed by atoms with van der Waals surface area (Å²) in [6.07, 6.45) is 4.41. The van der Waals surface area contributed by atoms with Crippen LogP contribution in [0.2, 0.25) is 0 Å². The molecule has 1 saturated heterocycles. The van der Waals surface area contributed by atoms with Gasteiger partial charge in [0, 0.05) is 18.6 Å². The molecule has 2 atom stereocenters. The molecule has 0 aromatic heterocycles. The molecule has 3 rings (SSSR count). The lowest BCUT2D eigenvalue weighted by Gasteiger charge is -2.43. The molecule has 1 fully saturated rings. The van der Waals surface area contributed by atoms with Gasteiger partial charge in [0.05, 0.1) is 10.6 Å². The Morgan fingerprint density at radius 2 is 2.05 bits per heavy atom. The molecule has 21 heavy (non-hydrogen) atoms. The highest BCUT2D eigenvalue weighted by Gasteiger charge is 2.36. The van der Waals surface area contributed by atoms with Crippen LogP contribution in [-0.4, -0.2) is 45.2 Å². The molecule has 116 valence electrons. The van der Waals surface area contributed by atoms with Gasteiger partial charge >= 0.3 is 0 Å². The molecule has 2 heterocycles. The molecule has 0 saturated carbocycles. The van der Waals surface area contributed by atoms with Gasteiger partial charge in [0.2, 0.25) is 0 Å². The topological polar surface area (TPSA) is 49.4 Å². The molecule has 1 aromatic rings. The van der Waals surface area contributed by atoms with Crippen molar-refractivity contribution in [3.63, 3.8) is 0 Å². The number of sulfone groups is 1. The number of likely N-dealkylation sites (tertiary alicyclic amines) is 1. The molecular formula is C16H24N2O2S. The highest BCUT2D eigenvalue weighted by atomic mass is 32.2. The Kier molecular flexibility index (Phi) is 4.33. The first kappa shape index (κ1) is 15.0. The summed E-state index contributed by atoms with van der Waals surface area (Å²) < 4.78 is 24.6. The van der Waals surface area contributed by atoms with Crippen molar-refractivity contribution in [3.8, 4) is 0 Å². The van der Waals surface area contributed by atoms with Crippen LogP contribution >= 0.6 is 0 Å². The predicted molar refractivity (Wildman–Crippen MR) is 84.1 cm³/mol. The molecular weight excluding hydrogens is 284 g/mol. The summed E-state index contributed by atoms with van der Waals surface area (Å²) in [5.74, 6) is 0.275. The fourth-order valence-electron chi connectivity index (χ4n) is 3.80. The largest absolute Gasteiger partial charge is 0.318 e. The van der Waals surface area contributed by atoms with Crippen LogP contribution in [0.15, 0.2) is 29.2 Å². The van der Waals surface area contributed by atoms with E-state index in [1.807, 2.05) is 25.2 Å². The standard InChI is InChI=1S/C16H24N2O2S/c1-17-12-13-6-4-5-10-18(13)15-9-11-21(19,20)16-8-3-2-7-14(15)16/h2-3,7-8,13,15,17H,4-6,9-12H2,1H3. The number of rotatable bonds is 3. The van der Waals surface area contributed by atoms with E-state index in [9.17, 15) is 8.42 Å². The van der Waals surface area contributed by atoms with Gasteiger partial charge in [0.15, 0.2) is 9.84 Å². The van der Waals surface area contributed by atoms with Gasteiger partial charge in [-0.1, -0.05) is 24.6 Å². The first-order chi connectivity index (χ1) is 10.1. The van der Waals surface area contributed by atoms with E-state index in [0.717, 1.165) is 25.1 Å². The highest BCUT2D eigenvalue weighted by Crippen LogP contribution is 2.38. The van der Waals surface area contributed by atoms with Crippen LogP contribution in [0.5, 0.6) is 0 Å². The first-order valence-corrected chi connectivity index (χ1v) is 9.51. The van der Waals surface area contributed by atoms with Crippen molar-refractivity contribution >= 4 is 9.84 Å². The van der Waals surface area contributed by atoms with Gasteiger partial charge in [0.1, 0.15) is 0 Å². The predicted octanol–water partition coefficient (Wildman–Crippen LogP) is 1.98. The molecule has 1 aromatic carbocycles. The molecule has 0 radical (unpaired) electrons. The van der Waals surface area contributed by atoms with Gasteiger partial charge < -0.3 is 5.32 Å². The number of nitrogens with one attached hydrogen (secondary N) is 1. The van der Waals surface area contributed by atoms with E-state index >= 15 is 0 Å². The van der Waals surface area contributed by atoms with Gasteiger partial charge in [-0.15, -0.1) is 0 Å². The van der Waals surface area contributed by atoms with E-state index in [-0.39, 0.29) is 11.8 Å². The Morgan fingerprint density at radius 1 is 1.24 bits per heavy atom. The second kappa shape index (κ2) is 6.07. The van der Waals surface area contributed by atoms with Crippen LogP contribution in [0.4, 0.5) is 0 Å². The minimum atomic E-state index is -3.09. The lowest BCUT2D eigenvalue weighted by molar-refractivity contribution is 0.0894. The number of fused-ring (bicyclic) bond motifs is 1. The highest BCUT2D eigenvalue weighted by molar-refractivity contribution is 7.91. The van der Waals surface area contributed by atoms with E-state index in [2.05, 4.69) is 10.2 Å². The maximum atomic E-state index is 12.3. The van der Waals surface area contributed by atoms with Gasteiger partial charge in [-0.2, -0.15) is 0 Å². The molecule has 2 aliphatic rings. The quantitative estimate of drug-likeness (QED) is 0.927. The Morgan fingerprint density at radius 3 is 2.86 bits per heavy atom. The third-order valence-electron chi connectivity index (χ3n) is 4.79. The molecule has 1 N–H and O–H groups in total. The molecule has 0 bridgehead atoms. The molecule has 4 nitrogen and oxygen atoms in total. The van der Waals surface area contributed by atoms with Crippen LogP contribution in [0.3, 0.4) is 0 Å². The van der Waals surface area contributed by atoms with E-state index in [0.29, 0.717) is 10.9 Å². The minimum absolute atomic E-state index is 0.253. The number of nitrogens with zero attached hydrogens (tertiary/aromatic N) is 1. The van der Waals surface area contributed by atoms with E-state index < -0.39 is 9.84 Å². The van der Waals surface area contributed by atoms with Crippen molar-refractivity contribution in [3.05, 3.63) is 29.8 Å². The van der Waals surface area contributed by atoms with Crippen molar-refractivity contribution in [2.24, 2.45) is 0 Å². The minimum Gasteiger partial charge on any atom is -0.318 e. The molecule has 0 amide bonds. The second-order valence-electron chi connectivity index (χ2n) is 6.11. The van der Waals surface area contributed by atoms with Crippen LogP contribution in [0.25, 0.3) is 0 Å². The summed E-state index contributed by atoms with van der Waals surface area (Å²) in [7, 11) is -1.09. The SMILES string of the molecule is CNCC1CCCCN1C1CCS(=O)(=O)c2ccccc21. The average molecular weight is 308 g/mol. The molecule has 5 heteroatoms. The van der Waals surface area contributed by atoms with Gasteiger partial charge in [-0.05, 0) is 44.5 Å². The van der Waals surface area contributed by atoms with Crippen LogP contribution in [-0.2, 0) is 9.84 Å². The van der Waals surface area contributed by atoms with Gasteiger partial charge in [-0.25, -0.2) is 8.42 Å². The van der Waals surface area contributed by atoms with Crippen LogP contribution in [0, 0.1) is 0 Å². The average Bonchev–Trinajstić information content (AvgIpc) is 2.49. The molecule has 2 unspecified atom stereocenters. The number of benzene rings is 1. The maximum absolute atomic E-state index is 12.3. The van der Waals surface area contributed by atoms with E-state index in [1.165, 1.54) is 19.3 Å². The first-order valence-electron chi connectivity index (χ1n) is 7.85. The fourth-order valence-corrected chi connectivity index (χ4v) is 5.41. The number of likely N-dealkylation sites (N-methyl/N-ethyl adjacent to an activating group) is 1. The smallest absolute Gasteiger partial charge is 0.178 e. The van der Waals surface area contributed by atoms with E-state index in [1.54, 1.807) is 6.07 Å². The van der Waals surface area contributed by atoms with Crippen LogP contribution < -0.4 is 5.32 Å². The van der Waals surface area contributed by atoms with Crippen molar-refractivity contribution in [2.45, 2.75) is 42.7 Å². The van der Waals surface area contributed by atoms with Crippen molar-refractivity contribution in [1.29, 1.82) is 0 Å². The number of piperidine rings is 1. The van der Waals surface area contributed by atoms with Crippen molar-refractivity contribution < 1.29 is 8.42 Å². The third-order valence-corrected chi connectivity index (χ3v) is 6.60. The molecule has 2 aliphatic heterocycles. The van der Waals surface area contributed by atoms with Gasteiger partial charge in [0.25, 0.3) is 0 Å². The maximum Gasteiger partial charge on any atom is 0.178 e. The summed E-state index contributed by atoms with van der Waals surface area (Å²) in [6, 6.07) is 8.34. The van der Waals surface area contributed by atoms with Crippen LogP contribution in [0.1, 0.15) is 37.3 Å². The Bertz CT molecular complexity index is 598. The monoisotopic (exact) mass is 308 g/mol. The Labute approximate surface area is 127 Å². The fraction of sp³-hybridized carbons (Fsp3) is 0.625. The Balaban J connectivity index is 1.95. The van der Waals surface area contributed by atoms with Crippen molar-refractivity contribution in [1.82, 2.24) is 10.2 Å². The summed E-state index contributed by atoms with van der Waals surface area (Å²) >= 11 is 0. The zero-order chi connectivity index (χ0) is 14.9. The number of hydrogen-bond acceptors (Lipinski definition) is 4. The summed E-state index contributed by atoms with van der Waals surface area (Å²) in [4.78, 5) is 3.09.